The van der Waals surface area contributed by atoms with E-state index in [-0.39, 0.29) is 10.8 Å². The Kier molecular flexibility index (Phi) is 4.10. The lowest BCUT2D eigenvalue weighted by Crippen LogP contribution is -2.22. The average Bonchev–Trinajstić information content (AvgIpc) is 3.04. The van der Waals surface area contributed by atoms with Crippen LogP contribution in [0, 0.1) is 12.3 Å². The zero-order valence-electron chi connectivity index (χ0n) is 13.0. The van der Waals surface area contributed by atoms with E-state index in [2.05, 4.69) is 45.9 Å². The molecule has 0 radical (unpaired) electrons. The van der Waals surface area contributed by atoms with Crippen molar-refractivity contribution >= 4 is 17.2 Å². The zero-order chi connectivity index (χ0) is 15.0. The summed E-state index contributed by atoms with van der Waals surface area (Å²) in [6.07, 6.45) is 3.14. The Morgan fingerprint density at radius 3 is 2.50 bits per heavy atom. The second-order valence-corrected chi connectivity index (χ2v) is 7.71. The molecular weight excluding hydrogens is 266 g/mol. The maximum Gasteiger partial charge on any atom is 0.123 e. The topological polar surface area (TPSA) is 35.2 Å². The van der Waals surface area contributed by atoms with Crippen molar-refractivity contribution in [1.82, 2.24) is 0 Å². The lowest BCUT2D eigenvalue weighted by molar-refractivity contribution is 0.234. The second kappa shape index (κ2) is 5.36. The number of rotatable bonds is 5. The molecule has 0 aromatic heterocycles. The number of benzene rings is 1. The monoisotopic (exact) mass is 291 g/mol. The molecule has 0 saturated heterocycles. The van der Waals surface area contributed by atoms with Crippen LogP contribution in [-0.2, 0) is 5.41 Å². The highest BCUT2D eigenvalue weighted by Crippen LogP contribution is 2.49. The van der Waals surface area contributed by atoms with Gasteiger partial charge in [0.05, 0.1) is 11.6 Å². The fourth-order valence-corrected chi connectivity index (χ4v) is 2.82. The van der Waals surface area contributed by atoms with Gasteiger partial charge in [-0.1, -0.05) is 45.1 Å². The fraction of sp³-hybridized carbons (Fsp3) is 0.588. The van der Waals surface area contributed by atoms with E-state index in [0.29, 0.717) is 4.99 Å². The van der Waals surface area contributed by atoms with Crippen LogP contribution in [0.4, 0.5) is 0 Å². The first-order valence-electron chi connectivity index (χ1n) is 7.24. The summed E-state index contributed by atoms with van der Waals surface area (Å²) in [7, 11) is 0. The van der Waals surface area contributed by atoms with Crippen molar-refractivity contribution in [2.45, 2.75) is 52.4 Å². The highest BCUT2D eigenvalue weighted by atomic mass is 32.1. The van der Waals surface area contributed by atoms with Crippen LogP contribution in [0.25, 0.3) is 0 Å². The molecule has 20 heavy (non-hydrogen) atoms. The van der Waals surface area contributed by atoms with Crippen molar-refractivity contribution in [3.63, 3.8) is 0 Å². The minimum Gasteiger partial charge on any atom is -0.493 e. The van der Waals surface area contributed by atoms with Gasteiger partial charge in [0.25, 0.3) is 0 Å². The maximum absolute atomic E-state index is 6.16. The quantitative estimate of drug-likeness (QED) is 0.829. The van der Waals surface area contributed by atoms with Crippen molar-refractivity contribution in [3.05, 3.63) is 29.3 Å². The Morgan fingerprint density at radius 1 is 1.35 bits per heavy atom. The predicted molar refractivity (Wildman–Crippen MR) is 88.4 cm³/mol. The molecule has 0 spiro atoms. The van der Waals surface area contributed by atoms with Gasteiger partial charge < -0.3 is 10.5 Å². The molecule has 3 heteroatoms. The van der Waals surface area contributed by atoms with Crippen molar-refractivity contribution in [2.75, 3.05) is 6.61 Å². The molecule has 1 aromatic rings. The van der Waals surface area contributed by atoms with Gasteiger partial charge in [-0.15, -0.1) is 0 Å². The largest absolute Gasteiger partial charge is 0.493 e. The second-order valence-electron chi connectivity index (χ2n) is 7.18. The van der Waals surface area contributed by atoms with Gasteiger partial charge in [0, 0.05) is 11.8 Å². The van der Waals surface area contributed by atoms with E-state index >= 15 is 0 Å². The molecule has 0 unspecified atom stereocenters. The molecule has 0 heterocycles. The van der Waals surface area contributed by atoms with Crippen LogP contribution in [0.2, 0.25) is 0 Å². The third kappa shape index (κ3) is 3.72. The van der Waals surface area contributed by atoms with Gasteiger partial charge in [-0.05, 0) is 42.4 Å². The van der Waals surface area contributed by atoms with Gasteiger partial charge in [0.1, 0.15) is 5.75 Å². The minimum atomic E-state index is 0.0862. The number of ether oxygens (including phenoxy) is 1. The number of hydrogen-bond acceptors (Lipinski definition) is 2. The highest BCUT2D eigenvalue weighted by molar-refractivity contribution is 7.80. The number of thiocarbonyl (C=S) groups is 1. The Balaban J connectivity index is 2.13. The molecule has 1 aromatic carbocycles. The van der Waals surface area contributed by atoms with Gasteiger partial charge in [-0.3, -0.25) is 0 Å². The van der Waals surface area contributed by atoms with Crippen LogP contribution in [0.15, 0.2) is 18.2 Å². The Labute approximate surface area is 127 Å². The third-order valence-corrected chi connectivity index (χ3v) is 4.13. The van der Waals surface area contributed by atoms with Crippen LogP contribution < -0.4 is 10.5 Å². The predicted octanol–water partition coefficient (Wildman–Crippen LogP) is 4.13. The Morgan fingerprint density at radius 2 is 2.00 bits per heavy atom. The first kappa shape index (κ1) is 15.3. The SMILES string of the molecule is Cc1ccc(C(C)(C)C)c(OCC2(CC(N)=S)CC2)c1. The van der Waals surface area contributed by atoms with E-state index < -0.39 is 0 Å². The standard InChI is InChI=1S/C17H25NOS/c1-12-5-6-13(16(2,3)4)14(9-12)19-11-17(7-8-17)10-15(18)20/h5-6,9H,7-8,10-11H2,1-4H3,(H2,18,20). The molecule has 2 nitrogen and oxygen atoms in total. The van der Waals surface area contributed by atoms with Crippen LogP contribution in [0.3, 0.4) is 0 Å². The number of hydrogen-bond donors (Lipinski definition) is 1. The van der Waals surface area contributed by atoms with Gasteiger partial charge in [0.15, 0.2) is 0 Å². The lowest BCUT2D eigenvalue weighted by Gasteiger charge is -2.25. The normalized spacial score (nSPS) is 16.8. The Bertz CT molecular complexity index is 512. The molecule has 110 valence electrons. The zero-order valence-corrected chi connectivity index (χ0v) is 13.8. The first-order chi connectivity index (χ1) is 9.22. The molecule has 0 aliphatic heterocycles. The van der Waals surface area contributed by atoms with Crippen LogP contribution in [-0.4, -0.2) is 11.6 Å². The molecule has 0 amide bonds. The van der Waals surface area contributed by atoms with Crippen LogP contribution in [0.1, 0.15) is 51.2 Å². The van der Waals surface area contributed by atoms with Gasteiger partial charge in [0.2, 0.25) is 0 Å². The molecule has 0 atom stereocenters. The average molecular weight is 291 g/mol. The highest BCUT2D eigenvalue weighted by Gasteiger charge is 2.44. The summed E-state index contributed by atoms with van der Waals surface area (Å²) in [5.74, 6) is 1.01. The van der Waals surface area contributed by atoms with E-state index in [1.54, 1.807) is 0 Å². The molecule has 2 N–H and O–H groups in total. The van der Waals surface area contributed by atoms with Crippen molar-refractivity contribution in [3.8, 4) is 5.75 Å². The minimum absolute atomic E-state index is 0.0862. The fourth-order valence-electron chi connectivity index (χ4n) is 2.52. The summed E-state index contributed by atoms with van der Waals surface area (Å²) in [6, 6.07) is 6.46. The van der Waals surface area contributed by atoms with E-state index in [0.717, 1.165) is 18.8 Å². The molecule has 1 aliphatic rings. The van der Waals surface area contributed by atoms with E-state index in [9.17, 15) is 0 Å². The van der Waals surface area contributed by atoms with E-state index in [1.807, 2.05) is 0 Å². The maximum atomic E-state index is 6.16. The first-order valence-corrected chi connectivity index (χ1v) is 7.65. The lowest BCUT2D eigenvalue weighted by atomic mass is 9.86. The number of aryl methyl sites for hydroxylation is 1. The van der Waals surface area contributed by atoms with Gasteiger partial charge >= 0.3 is 0 Å². The Hall–Kier alpha value is -1.09. The van der Waals surface area contributed by atoms with E-state index in [1.165, 1.54) is 24.0 Å². The molecule has 1 saturated carbocycles. The molecule has 1 fully saturated rings. The van der Waals surface area contributed by atoms with Gasteiger partial charge in [-0.2, -0.15) is 0 Å². The smallest absolute Gasteiger partial charge is 0.123 e. The summed E-state index contributed by atoms with van der Waals surface area (Å²) in [5, 5.41) is 0. The summed E-state index contributed by atoms with van der Waals surface area (Å²) < 4.78 is 6.16. The van der Waals surface area contributed by atoms with Crippen molar-refractivity contribution in [2.24, 2.45) is 11.1 Å². The van der Waals surface area contributed by atoms with Crippen molar-refractivity contribution < 1.29 is 4.74 Å². The van der Waals surface area contributed by atoms with Crippen molar-refractivity contribution in [1.29, 1.82) is 0 Å². The molecular formula is C17H25NOS. The third-order valence-electron chi connectivity index (χ3n) is 3.99. The van der Waals surface area contributed by atoms with Gasteiger partial charge in [-0.25, -0.2) is 0 Å². The number of nitrogens with two attached hydrogens (primary N) is 1. The van der Waals surface area contributed by atoms with E-state index in [4.69, 9.17) is 22.7 Å². The molecule has 2 rings (SSSR count). The summed E-state index contributed by atoms with van der Waals surface area (Å²) >= 11 is 5.04. The van der Waals surface area contributed by atoms with Crippen LogP contribution >= 0.6 is 12.2 Å². The summed E-state index contributed by atoms with van der Waals surface area (Å²) in [5.41, 5.74) is 8.46. The molecule has 0 bridgehead atoms. The van der Waals surface area contributed by atoms with Crippen LogP contribution in [0.5, 0.6) is 5.75 Å². The molecule has 1 aliphatic carbocycles. The summed E-state index contributed by atoms with van der Waals surface area (Å²) in [4.78, 5) is 0.603. The summed E-state index contributed by atoms with van der Waals surface area (Å²) in [6.45, 7) is 9.46.